The van der Waals surface area contributed by atoms with E-state index in [1.54, 1.807) is 0 Å². The minimum atomic E-state index is -0.300. The molecule has 0 aliphatic carbocycles. The molecular weight excluding hydrogens is 311 g/mol. The van der Waals surface area contributed by atoms with Crippen LogP contribution in [0.15, 0.2) is 18.2 Å². The largest absolute Gasteiger partial charge is 0.388 e. The van der Waals surface area contributed by atoms with Crippen molar-refractivity contribution >= 4 is 22.6 Å². The van der Waals surface area contributed by atoms with Gasteiger partial charge in [-0.3, -0.25) is 0 Å². The summed E-state index contributed by atoms with van der Waals surface area (Å²) < 4.78 is 1.21. The summed E-state index contributed by atoms with van der Waals surface area (Å²) in [4.78, 5) is 0. The third-order valence-electron chi connectivity index (χ3n) is 2.84. The second-order valence-electron chi connectivity index (χ2n) is 4.82. The van der Waals surface area contributed by atoms with Crippen molar-refractivity contribution in [2.24, 2.45) is 5.92 Å². The number of aliphatic hydroxyl groups is 1. The van der Waals surface area contributed by atoms with Gasteiger partial charge in [0.15, 0.2) is 0 Å². The van der Waals surface area contributed by atoms with Gasteiger partial charge in [-0.2, -0.15) is 0 Å². The Morgan fingerprint density at radius 2 is 1.94 bits per heavy atom. The van der Waals surface area contributed by atoms with Crippen LogP contribution >= 0.6 is 22.6 Å². The summed E-state index contributed by atoms with van der Waals surface area (Å²) in [5, 5.41) is 10.1. The molecule has 16 heavy (non-hydrogen) atoms. The minimum absolute atomic E-state index is 0.300. The van der Waals surface area contributed by atoms with Crippen molar-refractivity contribution in [1.82, 2.24) is 0 Å². The maximum atomic E-state index is 10.1. The molecule has 90 valence electrons. The first kappa shape index (κ1) is 14.0. The van der Waals surface area contributed by atoms with E-state index in [0.717, 1.165) is 24.3 Å². The highest BCUT2D eigenvalue weighted by molar-refractivity contribution is 14.1. The molecule has 1 nitrogen and oxygen atoms in total. The Bertz CT molecular complexity index is 334. The topological polar surface area (TPSA) is 20.2 Å². The molecule has 0 radical (unpaired) electrons. The van der Waals surface area contributed by atoms with Crippen LogP contribution in [-0.2, 0) is 0 Å². The van der Waals surface area contributed by atoms with E-state index < -0.39 is 0 Å². The summed E-state index contributed by atoms with van der Waals surface area (Å²) in [6, 6.07) is 6.15. The Labute approximate surface area is 112 Å². The Kier molecular flexibility index (Phi) is 5.76. The van der Waals surface area contributed by atoms with Crippen molar-refractivity contribution in [2.45, 2.75) is 46.1 Å². The van der Waals surface area contributed by atoms with Crippen molar-refractivity contribution in [3.63, 3.8) is 0 Å². The summed E-state index contributed by atoms with van der Waals surface area (Å²) in [6.45, 7) is 6.54. The lowest BCUT2D eigenvalue weighted by molar-refractivity contribution is 0.161. The van der Waals surface area contributed by atoms with Gasteiger partial charge < -0.3 is 5.11 Å². The molecule has 0 aromatic heterocycles. The summed E-state index contributed by atoms with van der Waals surface area (Å²) in [5.74, 6) is 0.726. The Morgan fingerprint density at radius 1 is 1.25 bits per heavy atom. The van der Waals surface area contributed by atoms with Crippen molar-refractivity contribution in [1.29, 1.82) is 0 Å². The van der Waals surface area contributed by atoms with E-state index in [4.69, 9.17) is 0 Å². The number of hydrogen-bond acceptors (Lipinski definition) is 1. The van der Waals surface area contributed by atoms with Crippen LogP contribution in [0.5, 0.6) is 0 Å². The summed E-state index contributed by atoms with van der Waals surface area (Å²) in [7, 11) is 0. The third kappa shape index (κ3) is 4.06. The van der Waals surface area contributed by atoms with Crippen LogP contribution in [0.25, 0.3) is 0 Å². The third-order valence-corrected chi connectivity index (χ3v) is 4.31. The van der Waals surface area contributed by atoms with Crippen LogP contribution in [0.4, 0.5) is 0 Å². The average molecular weight is 332 g/mol. The van der Waals surface area contributed by atoms with E-state index in [2.05, 4.69) is 49.4 Å². The summed E-state index contributed by atoms with van der Waals surface area (Å²) >= 11 is 2.33. The highest BCUT2D eigenvalue weighted by Gasteiger charge is 2.12. The monoisotopic (exact) mass is 332 g/mol. The van der Waals surface area contributed by atoms with Crippen LogP contribution in [0.2, 0.25) is 0 Å². The first-order valence-electron chi connectivity index (χ1n) is 5.95. The second kappa shape index (κ2) is 6.60. The molecule has 0 saturated heterocycles. The molecule has 0 heterocycles. The quantitative estimate of drug-likeness (QED) is 0.790. The maximum Gasteiger partial charge on any atom is 0.0800 e. The van der Waals surface area contributed by atoms with Crippen LogP contribution in [0.3, 0.4) is 0 Å². The van der Waals surface area contributed by atoms with E-state index in [0.29, 0.717) is 0 Å². The van der Waals surface area contributed by atoms with Gasteiger partial charge in [-0.1, -0.05) is 44.9 Å². The van der Waals surface area contributed by atoms with Crippen molar-refractivity contribution in [3.05, 3.63) is 32.9 Å². The standard InChI is InChI=1S/C14H21IO/c1-10(2)6-4-9-13(16)12-8-5-7-11(3)14(12)15/h5,7-8,10,13,16H,4,6,9H2,1-3H3. The first-order valence-corrected chi connectivity index (χ1v) is 7.03. The number of aliphatic hydroxyl groups excluding tert-OH is 1. The molecule has 0 fully saturated rings. The van der Waals surface area contributed by atoms with Gasteiger partial charge in [0.2, 0.25) is 0 Å². The minimum Gasteiger partial charge on any atom is -0.388 e. The van der Waals surface area contributed by atoms with Crippen LogP contribution < -0.4 is 0 Å². The van der Waals surface area contributed by atoms with Crippen LogP contribution in [-0.4, -0.2) is 5.11 Å². The Hall–Kier alpha value is -0.0900. The Morgan fingerprint density at radius 3 is 2.56 bits per heavy atom. The van der Waals surface area contributed by atoms with E-state index in [-0.39, 0.29) is 6.10 Å². The van der Waals surface area contributed by atoms with Crippen molar-refractivity contribution in [2.75, 3.05) is 0 Å². The van der Waals surface area contributed by atoms with Gasteiger partial charge in [-0.05, 0) is 53.0 Å². The lowest BCUT2D eigenvalue weighted by Gasteiger charge is -2.14. The van der Waals surface area contributed by atoms with Crippen molar-refractivity contribution < 1.29 is 5.11 Å². The molecule has 1 unspecified atom stereocenters. The number of aryl methyl sites for hydroxylation is 1. The van der Waals surface area contributed by atoms with Crippen molar-refractivity contribution in [3.8, 4) is 0 Å². The number of benzene rings is 1. The Balaban J connectivity index is 2.59. The zero-order valence-electron chi connectivity index (χ0n) is 10.3. The molecule has 0 aliphatic rings. The zero-order chi connectivity index (χ0) is 12.1. The fourth-order valence-corrected chi connectivity index (χ4v) is 2.52. The molecule has 1 aromatic carbocycles. The predicted molar refractivity (Wildman–Crippen MR) is 77.5 cm³/mol. The van der Waals surface area contributed by atoms with E-state index >= 15 is 0 Å². The molecule has 1 aromatic rings. The van der Waals surface area contributed by atoms with Crippen LogP contribution in [0, 0.1) is 16.4 Å². The fraction of sp³-hybridized carbons (Fsp3) is 0.571. The zero-order valence-corrected chi connectivity index (χ0v) is 12.5. The molecule has 0 saturated carbocycles. The maximum absolute atomic E-state index is 10.1. The molecule has 1 N–H and O–H groups in total. The number of rotatable bonds is 5. The predicted octanol–water partition coefficient (Wildman–Crippen LogP) is 4.46. The van der Waals surface area contributed by atoms with Crippen LogP contribution in [0.1, 0.15) is 50.3 Å². The normalized spacial score (nSPS) is 13.1. The molecule has 1 rings (SSSR count). The SMILES string of the molecule is Cc1cccc(C(O)CCCC(C)C)c1I. The second-order valence-corrected chi connectivity index (χ2v) is 5.90. The molecule has 1 atom stereocenters. The van der Waals surface area contributed by atoms with Gasteiger partial charge in [0, 0.05) is 3.57 Å². The van der Waals surface area contributed by atoms with Gasteiger partial charge in [0.25, 0.3) is 0 Å². The van der Waals surface area contributed by atoms with E-state index in [9.17, 15) is 5.11 Å². The van der Waals surface area contributed by atoms with E-state index in [1.165, 1.54) is 15.6 Å². The number of hydrogen-bond donors (Lipinski definition) is 1. The highest BCUT2D eigenvalue weighted by atomic mass is 127. The molecule has 0 aliphatic heterocycles. The van der Waals surface area contributed by atoms with Gasteiger partial charge in [-0.25, -0.2) is 0 Å². The lowest BCUT2D eigenvalue weighted by Crippen LogP contribution is -2.02. The summed E-state index contributed by atoms with van der Waals surface area (Å²) in [6.07, 6.45) is 2.87. The molecule has 2 heteroatoms. The van der Waals surface area contributed by atoms with Gasteiger partial charge >= 0.3 is 0 Å². The van der Waals surface area contributed by atoms with Gasteiger partial charge in [-0.15, -0.1) is 0 Å². The molecule has 0 bridgehead atoms. The summed E-state index contributed by atoms with van der Waals surface area (Å²) in [5.41, 5.74) is 2.34. The van der Waals surface area contributed by atoms with E-state index in [1.807, 2.05) is 12.1 Å². The smallest absolute Gasteiger partial charge is 0.0800 e. The first-order chi connectivity index (χ1) is 7.52. The fourth-order valence-electron chi connectivity index (χ4n) is 1.80. The molecule has 0 spiro atoms. The highest BCUT2D eigenvalue weighted by Crippen LogP contribution is 2.26. The lowest BCUT2D eigenvalue weighted by atomic mass is 9.99. The number of halogens is 1. The molecule has 0 amide bonds. The average Bonchev–Trinajstić information content (AvgIpc) is 2.21. The van der Waals surface area contributed by atoms with Gasteiger partial charge in [0.05, 0.1) is 6.10 Å². The molecular formula is C14H21IO. The van der Waals surface area contributed by atoms with Gasteiger partial charge in [0.1, 0.15) is 0 Å².